The lowest BCUT2D eigenvalue weighted by atomic mass is 9.83. The van der Waals surface area contributed by atoms with Crippen LogP contribution in [0.3, 0.4) is 0 Å². The average molecular weight is 437 g/mol. The van der Waals surface area contributed by atoms with Crippen LogP contribution in [0.15, 0.2) is 42.5 Å². The maximum atomic E-state index is 8.81. The summed E-state index contributed by atoms with van der Waals surface area (Å²) in [6.07, 6.45) is 13.3. The minimum atomic E-state index is 0.0702. The maximum absolute atomic E-state index is 8.81. The van der Waals surface area contributed by atoms with Gasteiger partial charge in [-0.05, 0) is 79.3 Å². The van der Waals surface area contributed by atoms with E-state index in [1.807, 2.05) is 0 Å². The highest BCUT2D eigenvalue weighted by atomic mass is 16.5. The second kappa shape index (κ2) is 13.5. The van der Waals surface area contributed by atoms with Crippen molar-refractivity contribution in [1.29, 1.82) is 0 Å². The molecular weight excluding hydrogens is 392 g/mol. The maximum Gasteiger partial charge on any atom is 0.123 e. The minimum absolute atomic E-state index is 0.0702. The summed E-state index contributed by atoms with van der Waals surface area (Å²) in [6.45, 7) is 10.5. The summed E-state index contributed by atoms with van der Waals surface area (Å²) in [5.41, 5.74) is 5.44. The third-order valence-corrected chi connectivity index (χ3v) is 6.74. The molecule has 0 saturated heterocycles. The number of rotatable bonds is 6. The highest BCUT2D eigenvalue weighted by molar-refractivity contribution is 5.66. The zero-order valence-corrected chi connectivity index (χ0v) is 21.1. The lowest BCUT2D eigenvalue weighted by Crippen LogP contribution is -2.39. The standard InChI is InChI=1S/C23H30O.C5H10.C2H4O/c1-4-14-23(15-5-2)16-13-21-17-20(11-12-22(21)24-23)19-9-7-18(6-3)8-10-19;1-5-3-2-4-5;1-2-3/h7-12,17H,4-6,13-16H2,1-3H3;5H,2-4H2,1H3;2H,1H3. The van der Waals surface area contributed by atoms with E-state index in [9.17, 15) is 0 Å². The van der Waals surface area contributed by atoms with E-state index in [4.69, 9.17) is 9.53 Å². The summed E-state index contributed by atoms with van der Waals surface area (Å²) in [6, 6.07) is 15.7. The van der Waals surface area contributed by atoms with Crippen molar-refractivity contribution >= 4 is 6.29 Å². The van der Waals surface area contributed by atoms with E-state index < -0.39 is 0 Å². The van der Waals surface area contributed by atoms with Gasteiger partial charge in [0.15, 0.2) is 0 Å². The van der Waals surface area contributed by atoms with Gasteiger partial charge in [0.05, 0.1) is 0 Å². The predicted molar refractivity (Wildman–Crippen MR) is 138 cm³/mol. The van der Waals surface area contributed by atoms with Crippen LogP contribution in [0.25, 0.3) is 11.1 Å². The number of fused-ring (bicyclic) bond motifs is 1. The molecule has 1 fully saturated rings. The Morgan fingerprint density at radius 2 is 1.53 bits per heavy atom. The van der Waals surface area contributed by atoms with Gasteiger partial charge in [-0.3, -0.25) is 0 Å². The number of aldehydes is 1. The van der Waals surface area contributed by atoms with Gasteiger partial charge in [0.1, 0.15) is 17.6 Å². The van der Waals surface area contributed by atoms with Crippen molar-refractivity contribution in [2.75, 3.05) is 0 Å². The molecule has 1 aliphatic heterocycles. The molecule has 4 rings (SSSR count). The van der Waals surface area contributed by atoms with Crippen molar-refractivity contribution in [3.63, 3.8) is 0 Å². The molecule has 0 N–H and O–H groups in total. The molecule has 0 amide bonds. The first-order chi connectivity index (χ1) is 15.5. The Kier molecular flexibility index (Phi) is 11.0. The Labute approximate surface area is 196 Å². The SMILES string of the molecule is CC1CCC1.CC=O.CCCC1(CCC)CCc2cc(-c3ccc(CC)cc3)ccc2O1. The zero-order valence-electron chi connectivity index (χ0n) is 21.1. The number of benzene rings is 2. The van der Waals surface area contributed by atoms with Gasteiger partial charge in [0, 0.05) is 0 Å². The summed E-state index contributed by atoms with van der Waals surface area (Å²) in [4.78, 5) is 8.81. The van der Waals surface area contributed by atoms with Gasteiger partial charge < -0.3 is 9.53 Å². The van der Waals surface area contributed by atoms with Gasteiger partial charge >= 0.3 is 0 Å². The van der Waals surface area contributed by atoms with Crippen LogP contribution in [0.5, 0.6) is 5.75 Å². The van der Waals surface area contributed by atoms with Crippen LogP contribution >= 0.6 is 0 Å². The molecular formula is C30H44O2. The first kappa shape index (κ1) is 26.2. The third kappa shape index (κ3) is 7.50. The van der Waals surface area contributed by atoms with Crippen molar-refractivity contribution in [3.8, 4) is 16.9 Å². The first-order valence-electron chi connectivity index (χ1n) is 12.8. The summed E-state index contributed by atoms with van der Waals surface area (Å²) >= 11 is 0. The smallest absolute Gasteiger partial charge is 0.123 e. The summed E-state index contributed by atoms with van der Waals surface area (Å²) in [7, 11) is 0. The van der Waals surface area contributed by atoms with Crippen LogP contribution in [-0.4, -0.2) is 11.9 Å². The molecule has 2 aromatic carbocycles. The Hall–Kier alpha value is -2.09. The first-order valence-corrected chi connectivity index (χ1v) is 12.8. The van der Waals surface area contributed by atoms with Crippen LogP contribution in [0, 0.1) is 5.92 Å². The topological polar surface area (TPSA) is 26.3 Å². The minimum Gasteiger partial charge on any atom is -0.487 e. The molecule has 2 heteroatoms. The zero-order chi connectivity index (χ0) is 23.4. The lowest BCUT2D eigenvalue weighted by molar-refractivity contribution is -0.106. The molecule has 32 heavy (non-hydrogen) atoms. The molecule has 2 aromatic rings. The lowest BCUT2D eigenvalue weighted by Gasteiger charge is -2.39. The van der Waals surface area contributed by atoms with Gasteiger partial charge in [0.2, 0.25) is 0 Å². The molecule has 2 nitrogen and oxygen atoms in total. The van der Waals surface area contributed by atoms with Crippen LogP contribution < -0.4 is 4.74 Å². The van der Waals surface area contributed by atoms with Crippen LogP contribution in [0.1, 0.15) is 97.1 Å². The van der Waals surface area contributed by atoms with E-state index in [1.54, 1.807) is 0 Å². The number of hydrogen-bond donors (Lipinski definition) is 0. The Balaban J connectivity index is 0.000000385. The Morgan fingerprint density at radius 1 is 0.969 bits per heavy atom. The van der Waals surface area contributed by atoms with Crippen LogP contribution in [0.2, 0.25) is 0 Å². The summed E-state index contributed by atoms with van der Waals surface area (Å²) < 4.78 is 6.53. The fraction of sp³-hybridized carbons (Fsp3) is 0.567. The van der Waals surface area contributed by atoms with Gasteiger partial charge in [-0.25, -0.2) is 0 Å². The van der Waals surface area contributed by atoms with E-state index in [1.165, 1.54) is 74.1 Å². The molecule has 2 aliphatic rings. The highest BCUT2D eigenvalue weighted by Crippen LogP contribution is 2.40. The number of ether oxygens (including phenoxy) is 1. The van der Waals surface area contributed by atoms with Crippen molar-refractivity contribution in [1.82, 2.24) is 0 Å². The van der Waals surface area contributed by atoms with Crippen LogP contribution in [-0.2, 0) is 17.6 Å². The van der Waals surface area contributed by atoms with Crippen LogP contribution in [0.4, 0.5) is 0 Å². The average Bonchev–Trinajstić information content (AvgIpc) is 2.79. The molecule has 1 heterocycles. The highest BCUT2D eigenvalue weighted by Gasteiger charge is 2.34. The molecule has 0 spiro atoms. The molecule has 0 aromatic heterocycles. The molecule has 1 saturated carbocycles. The van der Waals surface area contributed by atoms with E-state index in [0.29, 0.717) is 0 Å². The second-order valence-corrected chi connectivity index (χ2v) is 9.43. The fourth-order valence-corrected chi connectivity index (χ4v) is 4.63. The van der Waals surface area contributed by atoms with E-state index in [2.05, 4.69) is 70.2 Å². The summed E-state index contributed by atoms with van der Waals surface area (Å²) in [5, 5.41) is 0. The summed E-state index contributed by atoms with van der Waals surface area (Å²) in [5.74, 6) is 2.17. The third-order valence-electron chi connectivity index (χ3n) is 6.74. The normalized spacial score (nSPS) is 16.2. The molecule has 0 atom stereocenters. The monoisotopic (exact) mass is 436 g/mol. The van der Waals surface area contributed by atoms with Gasteiger partial charge in [-0.2, -0.15) is 0 Å². The van der Waals surface area contributed by atoms with E-state index in [-0.39, 0.29) is 5.60 Å². The number of aryl methyl sites for hydroxylation is 2. The molecule has 0 bridgehead atoms. The largest absolute Gasteiger partial charge is 0.487 e. The predicted octanol–water partition coefficient (Wildman–Crippen LogP) is 8.59. The Bertz CT molecular complexity index is 796. The molecule has 0 radical (unpaired) electrons. The van der Waals surface area contributed by atoms with Crippen molar-refractivity contribution in [2.24, 2.45) is 5.92 Å². The quantitative estimate of drug-likeness (QED) is 0.424. The van der Waals surface area contributed by atoms with Gasteiger partial charge in [-0.1, -0.05) is 90.1 Å². The van der Waals surface area contributed by atoms with E-state index >= 15 is 0 Å². The number of hydrogen-bond acceptors (Lipinski definition) is 2. The van der Waals surface area contributed by atoms with Crippen molar-refractivity contribution in [3.05, 3.63) is 53.6 Å². The fourth-order valence-electron chi connectivity index (χ4n) is 4.63. The molecule has 0 unspecified atom stereocenters. The Morgan fingerprint density at radius 3 is 2.00 bits per heavy atom. The number of carbonyl (C=O) groups is 1. The van der Waals surface area contributed by atoms with Gasteiger partial charge in [-0.15, -0.1) is 0 Å². The molecule has 176 valence electrons. The number of carbonyl (C=O) groups excluding carboxylic acids is 1. The second-order valence-electron chi connectivity index (χ2n) is 9.43. The van der Waals surface area contributed by atoms with Crippen molar-refractivity contribution in [2.45, 2.75) is 104 Å². The van der Waals surface area contributed by atoms with Gasteiger partial charge in [0.25, 0.3) is 0 Å². The van der Waals surface area contributed by atoms with E-state index in [0.717, 1.165) is 37.2 Å². The molecule has 1 aliphatic carbocycles. The van der Waals surface area contributed by atoms with Crippen molar-refractivity contribution < 1.29 is 9.53 Å².